The molecule has 1 unspecified atom stereocenters. The molecule has 118 valence electrons. The minimum atomic E-state index is -3.79. The van der Waals surface area contributed by atoms with Gasteiger partial charge in [0.2, 0.25) is 10.0 Å². The number of aliphatic hydroxyl groups excluding tert-OH is 1. The summed E-state index contributed by atoms with van der Waals surface area (Å²) in [4.78, 5) is 10.5. The van der Waals surface area contributed by atoms with Crippen LogP contribution in [-0.4, -0.2) is 48.5 Å². The first-order valence-corrected chi connectivity index (χ1v) is 7.78. The Morgan fingerprint density at radius 3 is 2.33 bits per heavy atom. The lowest BCUT2D eigenvalue weighted by atomic mass is 10.1. The molecular weight excluding hydrogens is 298 g/mol. The lowest BCUT2D eigenvalue weighted by Crippen LogP contribution is -2.43. The van der Waals surface area contributed by atoms with Crippen molar-refractivity contribution in [3.05, 3.63) is 29.8 Å². The number of nitrogens with one attached hydrogen (secondary N) is 1. The lowest BCUT2D eigenvalue weighted by Gasteiger charge is -2.20. The number of carboxylic acid groups (broad SMARTS) is 1. The van der Waals surface area contributed by atoms with Crippen LogP contribution >= 0.6 is 0 Å². The smallest absolute Gasteiger partial charge is 0.303 e. The van der Waals surface area contributed by atoms with Crippen LogP contribution < -0.4 is 4.72 Å². The number of carbonyl (C=O) groups is 1. The average Bonchev–Trinajstić information content (AvgIpc) is 2.44. The van der Waals surface area contributed by atoms with Crippen molar-refractivity contribution < 1.29 is 28.5 Å². The minimum absolute atomic E-state index is 0.00955. The molecule has 0 saturated heterocycles. The van der Waals surface area contributed by atoms with Crippen molar-refractivity contribution in [3.63, 3.8) is 0 Å². The van der Waals surface area contributed by atoms with Crippen molar-refractivity contribution in [2.45, 2.75) is 30.3 Å². The third kappa shape index (κ3) is 5.80. The highest BCUT2D eigenvalue weighted by molar-refractivity contribution is 7.89. The van der Waals surface area contributed by atoms with E-state index in [-0.39, 0.29) is 17.9 Å². The number of aryl methyl sites for hydroxylation is 1. The number of hydrogen-bond acceptors (Lipinski definition) is 5. The zero-order chi connectivity index (χ0) is 16.1. The Morgan fingerprint density at radius 2 is 1.86 bits per heavy atom. The van der Waals surface area contributed by atoms with Crippen LogP contribution in [0.3, 0.4) is 0 Å². The van der Waals surface area contributed by atoms with E-state index in [9.17, 15) is 18.3 Å². The Balaban J connectivity index is 2.73. The van der Waals surface area contributed by atoms with E-state index in [0.29, 0.717) is 6.42 Å². The fourth-order valence-electron chi connectivity index (χ4n) is 1.48. The Morgan fingerprint density at radius 1 is 1.29 bits per heavy atom. The molecule has 0 amide bonds. The summed E-state index contributed by atoms with van der Waals surface area (Å²) in [5.41, 5.74) is -0.812. The molecule has 0 aromatic heterocycles. The number of sulfonamides is 1. The van der Waals surface area contributed by atoms with Crippen molar-refractivity contribution in [2.75, 3.05) is 13.2 Å². The van der Waals surface area contributed by atoms with Crippen molar-refractivity contribution in [3.8, 4) is 0 Å². The van der Waals surface area contributed by atoms with Gasteiger partial charge in [-0.25, -0.2) is 13.1 Å². The second-order valence-electron chi connectivity index (χ2n) is 5.02. The molecule has 1 aromatic carbocycles. The molecule has 0 aliphatic heterocycles. The molecule has 0 radical (unpaired) electrons. The number of rotatable bonds is 8. The first kappa shape index (κ1) is 17.6. The number of aliphatic hydroxyl groups is 2. The highest BCUT2D eigenvalue weighted by Gasteiger charge is 2.23. The molecule has 1 rings (SSSR count). The maximum Gasteiger partial charge on any atom is 0.303 e. The molecule has 0 saturated carbocycles. The van der Waals surface area contributed by atoms with Gasteiger partial charge in [-0.3, -0.25) is 4.79 Å². The van der Waals surface area contributed by atoms with Crippen LogP contribution in [0.15, 0.2) is 29.2 Å². The second kappa shape index (κ2) is 6.99. The van der Waals surface area contributed by atoms with E-state index in [4.69, 9.17) is 10.2 Å². The van der Waals surface area contributed by atoms with Crippen molar-refractivity contribution in [2.24, 2.45) is 0 Å². The van der Waals surface area contributed by atoms with Gasteiger partial charge in [-0.2, -0.15) is 0 Å². The summed E-state index contributed by atoms with van der Waals surface area (Å²) in [6.45, 7) is 0.431. The van der Waals surface area contributed by atoms with E-state index in [0.717, 1.165) is 5.56 Å². The Labute approximate surface area is 123 Å². The quantitative estimate of drug-likeness (QED) is 0.523. The van der Waals surface area contributed by atoms with Gasteiger partial charge in [-0.15, -0.1) is 0 Å². The summed E-state index contributed by atoms with van der Waals surface area (Å²) in [6.07, 6.45) is 0.298. The van der Waals surface area contributed by atoms with E-state index in [1.54, 1.807) is 12.1 Å². The summed E-state index contributed by atoms with van der Waals surface area (Å²) < 4.78 is 26.2. The average molecular weight is 317 g/mol. The standard InChI is InChI=1S/C13H19NO6S/c1-13(18,9-15)8-14-21(19,20)11-5-2-10(3-6-11)4-7-12(16)17/h2-3,5-6,14-15,18H,4,7-9H2,1H3,(H,16,17). The van der Waals surface area contributed by atoms with E-state index >= 15 is 0 Å². The molecular formula is C13H19NO6S. The monoisotopic (exact) mass is 317 g/mol. The predicted octanol–water partition coefficient (Wildman–Crippen LogP) is -0.275. The van der Waals surface area contributed by atoms with Gasteiger partial charge < -0.3 is 15.3 Å². The highest BCUT2D eigenvalue weighted by Crippen LogP contribution is 2.12. The van der Waals surface area contributed by atoms with Gasteiger partial charge in [0, 0.05) is 13.0 Å². The zero-order valence-electron chi connectivity index (χ0n) is 11.6. The number of benzene rings is 1. The first-order chi connectivity index (χ1) is 9.66. The van der Waals surface area contributed by atoms with Gasteiger partial charge in [-0.05, 0) is 31.0 Å². The molecule has 1 aromatic rings. The lowest BCUT2D eigenvalue weighted by molar-refractivity contribution is -0.136. The van der Waals surface area contributed by atoms with Crippen LogP contribution in [0.1, 0.15) is 18.9 Å². The van der Waals surface area contributed by atoms with E-state index in [1.807, 2.05) is 0 Å². The summed E-state index contributed by atoms with van der Waals surface area (Å²) in [7, 11) is -3.79. The van der Waals surface area contributed by atoms with Crippen LogP contribution in [0, 0.1) is 0 Å². The fourth-order valence-corrected chi connectivity index (χ4v) is 2.64. The zero-order valence-corrected chi connectivity index (χ0v) is 12.4. The molecule has 8 heteroatoms. The topological polar surface area (TPSA) is 124 Å². The van der Waals surface area contributed by atoms with Crippen molar-refractivity contribution in [1.29, 1.82) is 0 Å². The Kier molecular flexibility index (Phi) is 5.85. The molecule has 0 bridgehead atoms. The van der Waals surface area contributed by atoms with Crippen molar-refractivity contribution >= 4 is 16.0 Å². The van der Waals surface area contributed by atoms with Gasteiger partial charge in [-0.1, -0.05) is 12.1 Å². The molecule has 7 nitrogen and oxygen atoms in total. The maximum absolute atomic E-state index is 12.0. The third-order valence-corrected chi connectivity index (χ3v) is 4.26. The maximum atomic E-state index is 12.0. The molecule has 21 heavy (non-hydrogen) atoms. The van der Waals surface area contributed by atoms with Crippen LogP contribution in [-0.2, 0) is 21.2 Å². The molecule has 0 aliphatic carbocycles. The van der Waals surface area contributed by atoms with E-state index in [2.05, 4.69) is 4.72 Å². The minimum Gasteiger partial charge on any atom is -0.481 e. The van der Waals surface area contributed by atoms with Gasteiger partial charge in [0.15, 0.2) is 0 Å². The highest BCUT2D eigenvalue weighted by atomic mass is 32.2. The van der Waals surface area contributed by atoms with Gasteiger partial charge >= 0.3 is 5.97 Å². The van der Waals surface area contributed by atoms with E-state index in [1.165, 1.54) is 19.1 Å². The van der Waals surface area contributed by atoms with Crippen molar-refractivity contribution in [1.82, 2.24) is 4.72 Å². The number of hydrogen-bond donors (Lipinski definition) is 4. The fraction of sp³-hybridized carbons (Fsp3) is 0.462. The summed E-state index contributed by atoms with van der Waals surface area (Å²) in [5.74, 6) is -0.917. The first-order valence-electron chi connectivity index (χ1n) is 6.30. The SMILES string of the molecule is CC(O)(CO)CNS(=O)(=O)c1ccc(CCC(=O)O)cc1. The Hall–Kier alpha value is -1.48. The second-order valence-corrected chi connectivity index (χ2v) is 6.78. The number of carboxylic acids is 1. The van der Waals surface area contributed by atoms with Gasteiger partial charge in [0.25, 0.3) is 0 Å². The van der Waals surface area contributed by atoms with Crippen LogP contribution in [0.4, 0.5) is 0 Å². The van der Waals surface area contributed by atoms with Crippen LogP contribution in [0.2, 0.25) is 0 Å². The Bertz CT molecular complexity index is 579. The molecule has 1 atom stereocenters. The molecule has 0 heterocycles. The van der Waals surface area contributed by atoms with Gasteiger partial charge in [0.1, 0.15) is 0 Å². The molecule has 4 N–H and O–H groups in total. The predicted molar refractivity (Wildman–Crippen MR) is 75.3 cm³/mol. The van der Waals surface area contributed by atoms with E-state index < -0.39 is 28.2 Å². The van der Waals surface area contributed by atoms with Gasteiger partial charge in [0.05, 0.1) is 17.1 Å². The number of aliphatic carboxylic acids is 1. The van der Waals surface area contributed by atoms with Crippen LogP contribution in [0.25, 0.3) is 0 Å². The molecule has 0 spiro atoms. The summed E-state index contributed by atoms with van der Waals surface area (Å²) in [6, 6.07) is 5.82. The molecule has 0 fully saturated rings. The summed E-state index contributed by atoms with van der Waals surface area (Å²) in [5, 5.41) is 27.0. The largest absolute Gasteiger partial charge is 0.481 e. The summed E-state index contributed by atoms with van der Waals surface area (Å²) >= 11 is 0. The normalized spacial score (nSPS) is 14.6. The third-order valence-electron chi connectivity index (χ3n) is 2.84. The van der Waals surface area contributed by atoms with Crippen LogP contribution in [0.5, 0.6) is 0 Å². The molecule has 0 aliphatic rings.